The second-order valence-corrected chi connectivity index (χ2v) is 3.44. The van der Waals surface area contributed by atoms with Crippen LogP contribution in [-0.2, 0) is 23.3 Å². The van der Waals surface area contributed by atoms with Gasteiger partial charge in [0, 0.05) is 24.8 Å². The van der Waals surface area contributed by atoms with E-state index in [0.717, 1.165) is 0 Å². The van der Waals surface area contributed by atoms with E-state index in [0.29, 0.717) is 0 Å². The molecule has 0 unspecified atom stereocenters. The van der Waals surface area contributed by atoms with E-state index in [-0.39, 0.29) is 140 Å². The normalized spacial score (nSPS) is 8.40. The van der Waals surface area contributed by atoms with E-state index in [1.165, 1.54) is 0 Å². The summed E-state index contributed by atoms with van der Waals surface area (Å²) in [5.41, 5.74) is -3.03. The van der Waals surface area contributed by atoms with Gasteiger partial charge in [-0.05, 0) is 0 Å². The van der Waals surface area contributed by atoms with Crippen molar-refractivity contribution in [2.24, 2.45) is 0 Å². The fourth-order valence-corrected chi connectivity index (χ4v) is 1.49. The third-order valence-corrected chi connectivity index (χ3v) is 2.07. The van der Waals surface area contributed by atoms with Crippen molar-refractivity contribution < 1.29 is 183 Å². The van der Waals surface area contributed by atoms with Gasteiger partial charge in [0.05, 0.1) is 11.6 Å². The molecule has 0 fully saturated rings. The number of rotatable bonds is 7. The summed E-state index contributed by atoms with van der Waals surface area (Å²) in [6.45, 7) is 0. The molecule has 0 spiro atoms. The summed E-state index contributed by atoms with van der Waals surface area (Å²) < 4.78 is 14.0. The zero-order valence-corrected chi connectivity index (χ0v) is 21.7. The molecule has 0 saturated carbocycles. The summed E-state index contributed by atoms with van der Waals surface area (Å²) in [4.78, 5) is 41.2. The molecule has 90 valence electrons. The van der Waals surface area contributed by atoms with Gasteiger partial charge in [-0.15, -0.1) is 0 Å². The summed E-state index contributed by atoms with van der Waals surface area (Å²) in [7, 11) is -4.13. The van der Waals surface area contributed by atoms with E-state index in [2.05, 4.69) is 4.43 Å². The number of aliphatic carboxylic acids is 3. The minimum atomic E-state index is -4.13. The molecule has 0 radical (unpaired) electrons. The Morgan fingerprint density at radius 3 is 1.40 bits per heavy atom. The Kier molecular flexibility index (Phi) is 28.2. The molecule has 0 aliphatic rings. The molecule has 14 heteroatoms. The summed E-state index contributed by atoms with van der Waals surface area (Å²) in [5, 5.41) is 30.9. The molecule has 0 rings (SSSR count). The Bertz CT molecular complexity index is 312. The number of hydrogen-bond donors (Lipinski definition) is 0. The van der Waals surface area contributed by atoms with Crippen LogP contribution in [0.2, 0.25) is 0 Å². The van der Waals surface area contributed by atoms with Gasteiger partial charge in [0.15, 0.2) is 0 Å². The second-order valence-electron chi connectivity index (χ2n) is 2.73. The van der Waals surface area contributed by atoms with Gasteiger partial charge in [0.25, 0.3) is 0 Å². The van der Waals surface area contributed by atoms with E-state index in [1.807, 2.05) is 0 Å². The van der Waals surface area contributed by atoms with Crippen LogP contribution in [-0.4, -0.2) is 32.7 Å². The van der Waals surface area contributed by atoms with Gasteiger partial charge in [0.1, 0.15) is 0 Å². The standard InChI is InChI=1S/C6H7O9Si.K.3Na/c7-3(8)1-6(5(11)12,2-4(9)10)15-16(13)14;;;;/h1-2H2,(H,7,8)(H,9,10)(H,11,12);;;;/q-1;4*+1/p-3. The molecular weight excluding hydrogens is 352 g/mol. The summed E-state index contributed by atoms with van der Waals surface area (Å²) >= 11 is 0. The first kappa shape index (κ1) is 34.1. The Morgan fingerprint density at radius 2 is 1.25 bits per heavy atom. The first-order valence-electron chi connectivity index (χ1n) is 3.71. The van der Waals surface area contributed by atoms with Crippen molar-refractivity contribution >= 4 is 27.1 Å². The largest absolute Gasteiger partial charge is 1.00 e. The molecule has 0 amide bonds. The zero-order chi connectivity index (χ0) is 12.9. The smallest absolute Gasteiger partial charge is 0.576 e. The number of carbonyl (C=O) groups is 3. The molecule has 0 bridgehead atoms. The zero-order valence-electron chi connectivity index (χ0n) is 11.6. The molecule has 0 aromatic rings. The van der Waals surface area contributed by atoms with E-state index >= 15 is 0 Å². The van der Waals surface area contributed by atoms with Crippen molar-refractivity contribution in [3.05, 3.63) is 0 Å². The van der Waals surface area contributed by atoms with E-state index in [1.54, 1.807) is 0 Å². The van der Waals surface area contributed by atoms with Crippen LogP contribution >= 0.6 is 0 Å². The molecule has 0 aromatic heterocycles. The predicted molar refractivity (Wildman–Crippen MR) is 34.5 cm³/mol. The molecule has 0 N–H and O–H groups in total. The molecule has 0 saturated heterocycles. The van der Waals surface area contributed by atoms with E-state index in [4.69, 9.17) is 0 Å². The molecule has 9 nitrogen and oxygen atoms in total. The molecular formula is C6H4KNa3O9Si. The Balaban J connectivity index is -0.000000187. The second kappa shape index (κ2) is 16.5. The number of carbonyl (C=O) groups excluding carboxylic acids is 3. The first-order chi connectivity index (χ1) is 7.19. The molecule has 20 heavy (non-hydrogen) atoms. The van der Waals surface area contributed by atoms with Gasteiger partial charge in [-0.1, -0.05) is 0 Å². The number of carboxylic acid groups (broad SMARTS) is 3. The maximum atomic E-state index is 10.5. The minimum Gasteiger partial charge on any atom is -0.576 e. The third kappa shape index (κ3) is 14.3. The Labute approximate surface area is 224 Å². The van der Waals surface area contributed by atoms with Gasteiger partial charge >= 0.3 is 149 Å². The topological polar surface area (TPSA) is 170 Å². The van der Waals surface area contributed by atoms with E-state index in [9.17, 15) is 39.0 Å². The fraction of sp³-hybridized carbons (Fsp3) is 0.500. The van der Waals surface area contributed by atoms with Gasteiger partial charge < -0.3 is 43.4 Å². The van der Waals surface area contributed by atoms with Crippen LogP contribution in [0.4, 0.5) is 0 Å². The van der Waals surface area contributed by atoms with Crippen LogP contribution in [0.5, 0.6) is 0 Å². The van der Waals surface area contributed by atoms with Crippen molar-refractivity contribution in [1.29, 1.82) is 0 Å². The van der Waals surface area contributed by atoms with E-state index < -0.39 is 45.5 Å². The summed E-state index contributed by atoms with van der Waals surface area (Å²) in [6.07, 6.45) is -2.97. The monoisotopic (exact) mass is 356 g/mol. The fourth-order valence-electron chi connectivity index (χ4n) is 0.947. The predicted octanol–water partition coefficient (Wildman–Crippen LogP) is -18.4. The van der Waals surface area contributed by atoms with Gasteiger partial charge in [-0.2, -0.15) is 0 Å². The van der Waals surface area contributed by atoms with Crippen molar-refractivity contribution in [2.75, 3.05) is 0 Å². The van der Waals surface area contributed by atoms with Crippen LogP contribution in [0.25, 0.3) is 0 Å². The average molecular weight is 356 g/mol. The minimum absolute atomic E-state index is 0. The van der Waals surface area contributed by atoms with Crippen molar-refractivity contribution in [1.82, 2.24) is 0 Å². The molecule has 0 aliphatic carbocycles. The van der Waals surface area contributed by atoms with Crippen LogP contribution in [0, 0.1) is 0 Å². The van der Waals surface area contributed by atoms with Crippen molar-refractivity contribution in [3.8, 4) is 0 Å². The average Bonchev–Trinajstić information content (AvgIpc) is 1.98. The van der Waals surface area contributed by atoms with Crippen LogP contribution in [0.1, 0.15) is 12.8 Å². The maximum absolute atomic E-state index is 10.5. The van der Waals surface area contributed by atoms with Crippen molar-refractivity contribution in [2.45, 2.75) is 18.4 Å². The number of hydrogen-bond acceptors (Lipinski definition) is 9. The van der Waals surface area contributed by atoms with Gasteiger partial charge in [-0.3, -0.25) is 0 Å². The van der Waals surface area contributed by atoms with Gasteiger partial charge in [-0.25, -0.2) is 0 Å². The Hall–Kier alpha value is 2.66. The first-order valence-corrected chi connectivity index (χ1v) is 4.93. The van der Waals surface area contributed by atoms with Crippen LogP contribution in [0.15, 0.2) is 0 Å². The SMILES string of the molecule is O=C([O-])CC(CC(=O)[O-])(O[Si](=O)[O-])C(=O)[O-].[K+].[Na+].[Na+].[Na+]. The third-order valence-electron chi connectivity index (χ3n) is 1.51. The quantitative estimate of drug-likeness (QED) is 0.402. The van der Waals surface area contributed by atoms with Crippen molar-refractivity contribution in [3.63, 3.8) is 0 Å². The molecule has 0 aromatic carbocycles. The van der Waals surface area contributed by atoms with Crippen LogP contribution < -0.4 is 160 Å². The van der Waals surface area contributed by atoms with Crippen LogP contribution in [0.3, 0.4) is 0 Å². The summed E-state index contributed by atoms with van der Waals surface area (Å²) in [5.74, 6) is -6.31. The number of carboxylic acids is 3. The maximum Gasteiger partial charge on any atom is 1.00 e. The van der Waals surface area contributed by atoms with Gasteiger partial charge in [0.2, 0.25) is 0 Å². The Morgan fingerprint density at radius 1 is 0.950 bits per heavy atom. The molecule has 0 heterocycles. The summed E-state index contributed by atoms with van der Waals surface area (Å²) in [6, 6.07) is 0. The molecule has 0 atom stereocenters. The molecule has 0 aliphatic heterocycles.